The molecule has 0 unspecified atom stereocenters. The van der Waals surface area contributed by atoms with E-state index in [4.69, 9.17) is 9.26 Å². The summed E-state index contributed by atoms with van der Waals surface area (Å²) in [6.45, 7) is 4.64. The van der Waals surface area contributed by atoms with Gasteiger partial charge in [0.2, 0.25) is 17.7 Å². The molecule has 2 N–H and O–H groups in total. The highest BCUT2D eigenvalue weighted by atomic mass is 16.5. The van der Waals surface area contributed by atoms with Crippen LogP contribution in [0.1, 0.15) is 63.6 Å². The van der Waals surface area contributed by atoms with Gasteiger partial charge >= 0.3 is 0 Å². The Hall–Kier alpha value is -2.94. The van der Waals surface area contributed by atoms with Crippen LogP contribution in [0, 0.1) is 0 Å². The van der Waals surface area contributed by atoms with Gasteiger partial charge in [0.1, 0.15) is 5.54 Å². The summed E-state index contributed by atoms with van der Waals surface area (Å²) in [6.07, 6.45) is 6.47. The van der Waals surface area contributed by atoms with E-state index in [1.54, 1.807) is 0 Å². The number of carbonyl (C=O) groups is 2. The van der Waals surface area contributed by atoms with Gasteiger partial charge in [-0.1, -0.05) is 36.9 Å². The van der Waals surface area contributed by atoms with Gasteiger partial charge in [-0.2, -0.15) is 4.98 Å². The summed E-state index contributed by atoms with van der Waals surface area (Å²) >= 11 is 0. The molecule has 0 bridgehead atoms. The van der Waals surface area contributed by atoms with Crippen LogP contribution in [0.2, 0.25) is 0 Å². The third kappa shape index (κ3) is 6.10. The summed E-state index contributed by atoms with van der Waals surface area (Å²) in [4.78, 5) is 31.2. The van der Waals surface area contributed by atoms with Gasteiger partial charge in [0.05, 0.1) is 13.2 Å². The number of ether oxygens (including phenoxy) is 1. The molecular weight excluding hydrogens is 422 g/mol. The molecule has 2 fully saturated rings. The lowest BCUT2D eigenvalue weighted by Gasteiger charge is -2.30. The van der Waals surface area contributed by atoms with Gasteiger partial charge in [0, 0.05) is 44.2 Å². The number of benzene rings is 1. The van der Waals surface area contributed by atoms with E-state index in [0.717, 1.165) is 63.0 Å². The topological polar surface area (TPSA) is 110 Å². The number of nitrogens with zero attached hydrogens (tertiary/aromatic N) is 3. The lowest BCUT2D eigenvalue weighted by Crippen LogP contribution is -2.45. The van der Waals surface area contributed by atoms with E-state index in [2.05, 4.69) is 25.7 Å². The number of carbonyl (C=O) groups excluding carboxylic acids is 2. The molecule has 1 saturated heterocycles. The minimum absolute atomic E-state index is 0.0954. The van der Waals surface area contributed by atoms with Crippen LogP contribution in [-0.2, 0) is 26.3 Å². The highest BCUT2D eigenvalue weighted by Gasteiger charge is 2.38. The van der Waals surface area contributed by atoms with Crippen molar-refractivity contribution in [2.45, 2.75) is 63.8 Å². The molecule has 1 aliphatic carbocycles. The van der Waals surface area contributed by atoms with Crippen molar-refractivity contribution < 1.29 is 18.8 Å². The molecule has 2 heterocycles. The second-order valence-corrected chi connectivity index (χ2v) is 8.89. The summed E-state index contributed by atoms with van der Waals surface area (Å²) in [7, 11) is 0. The minimum Gasteiger partial charge on any atom is -0.378 e. The molecule has 0 spiro atoms. The van der Waals surface area contributed by atoms with E-state index in [1.807, 2.05) is 24.3 Å². The van der Waals surface area contributed by atoms with Gasteiger partial charge in [-0.15, -0.1) is 0 Å². The summed E-state index contributed by atoms with van der Waals surface area (Å²) in [5, 5.41) is 10.2. The van der Waals surface area contributed by atoms with Crippen molar-refractivity contribution >= 4 is 23.2 Å². The van der Waals surface area contributed by atoms with Crippen LogP contribution in [-0.4, -0.2) is 48.3 Å². The van der Waals surface area contributed by atoms with E-state index in [1.165, 1.54) is 6.92 Å². The molecular formula is C24H33N5O4. The van der Waals surface area contributed by atoms with Gasteiger partial charge in [-0.25, -0.2) is 0 Å². The van der Waals surface area contributed by atoms with Crippen LogP contribution < -0.4 is 15.5 Å². The van der Waals surface area contributed by atoms with Crippen molar-refractivity contribution in [3.8, 4) is 0 Å². The van der Waals surface area contributed by atoms with Crippen molar-refractivity contribution in [3.63, 3.8) is 0 Å². The average molecular weight is 456 g/mol. The minimum atomic E-state index is -0.577. The first-order chi connectivity index (χ1) is 16.0. The standard InChI is InChI=1S/C24H33N5O4/c1-18(30)27-24(11-4-2-3-5-12-24)23-26-22(33-28-23)10-9-21(31)25-19-7-6-8-20(17-19)29-13-15-32-16-14-29/h6-8,17H,2-5,9-16H2,1H3,(H,25,31)(H,27,30). The summed E-state index contributed by atoms with van der Waals surface area (Å²) < 4.78 is 10.9. The summed E-state index contributed by atoms with van der Waals surface area (Å²) in [6, 6.07) is 7.85. The fourth-order valence-corrected chi connectivity index (χ4v) is 4.67. The Kier molecular flexibility index (Phi) is 7.59. The third-order valence-corrected chi connectivity index (χ3v) is 6.34. The molecule has 33 heavy (non-hydrogen) atoms. The highest BCUT2D eigenvalue weighted by molar-refractivity contribution is 5.91. The maximum atomic E-state index is 12.5. The predicted molar refractivity (Wildman–Crippen MR) is 124 cm³/mol. The Morgan fingerprint density at radius 1 is 1.12 bits per heavy atom. The Morgan fingerprint density at radius 3 is 2.61 bits per heavy atom. The zero-order valence-electron chi connectivity index (χ0n) is 19.3. The van der Waals surface area contributed by atoms with Crippen LogP contribution in [0.5, 0.6) is 0 Å². The molecule has 1 aromatic heterocycles. The van der Waals surface area contributed by atoms with E-state index in [9.17, 15) is 9.59 Å². The maximum Gasteiger partial charge on any atom is 0.227 e. The van der Waals surface area contributed by atoms with Crippen LogP contribution in [0.3, 0.4) is 0 Å². The molecule has 9 heteroatoms. The number of aryl methyl sites for hydroxylation is 1. The van der Waals surface area contributed by atoms with Crippen LogP contribution in [0.25, 0.3) is 0 Å². The number of hydrogen-bond donors (Lipinski definition) is 2. The zero-order chi connectivity index (χ0) is 23.1. The van der Waals surface area contributed by atoms with Gasteiger partial charge < -0.3 is 24.8 Å². The van der Waals surface area contributed by atoms with E-state index in [0.29, 0.717) is 31.3 Å². The van der Waals surface area contributed by atoms with Crippen molar-refractivity contribution in [1.29, 1.82) is 0 Å². The summed E-state index contributed by atoms with van der Waals surface area (Å²) in [5.41, 5.74) is 1.26. The fourth-order valence-electron chi connectivity index (χ4n) is 4.67. The molecule has 9 nitrogen and oxygen atoms in total. The molecule has 4 rings (SSSR count). The van der Waals surface area contributed by atoms with Crippen molar-refractivity contribution in [1.82, 2.24) is 15.5 Å². The number of amides is 2. The average Bonchev–Trinajstić information content (AvgIpc) is 3.18. The SMILES string of the molecule is CC(=O)NC1(c2noc(CCC(=O)Nc3cccc(N4CCOCC4)c3)n2)CCCCCC1. The van der Waals surface area contributed by atoms with Crippen molar-refractivity contribution in [3.05, 3.63) is 36.0 Å². The summed E-state index contributed by atoms with van der Waals surface area (Å²) in [5.74, 6) is 0.728. The Morgan fingerprint density at radius 2 is 1.88 bits per heavy atom. The van der Waals surface area contributed by atoms with E-state index >= 15 is 0 Å². The second kappa shape index (κ2) is 10.8. The molecule has 2 amide bonds. The molecule has 1 aliphatic heterocycles. The van der Waals surface area contributed by atoms with Gasteiger partial charge in [-0.05, 0) is 31.0 Å². The number of nitrogens with one attached hydrogen (secondary N) is 2. The first-order valence-electron chi connectivity index (χ1n) is 11.9. The molecule has 178 valence electrons. The number of morpholine rings is 1. The molecule has 2 aromatic rings. The Balaban J connectivity index is 1.35. The van der Waals surface area contributed by atoms with Crippen LogP contribution >= 0.6 is 0 Å². The Labute approximate surface area is 194 Å². The maximum absolute atomic E-state index is 12.5. The lowest BCUT2D eigenvalue weighted by atomic mass is 9.89. The van der Waals surface area contributed by atoms with Crippen molar-refractivity contribution in [2.24, 2.45) is 0 Å². The second-order valence-electron chi connectivity index (χ2n) is 8.89. The fraction of sp³-hybridized carbons (Fsp3) is 0.583. The largest absolute Gasteiger partial charge is 0.378 e. The smallest absolute Gasteiger partial charge is 0.227 e. The third-order valence-electron chi connectivity index (χ3n) is 6.34. The first-order valence-corrected chi connectivity index (χ1v) is 11.9. The Bertz CT molecular complexity index is 946. The number of aromatic nitrogens is 2. The molecule has 1 saturated carbocycles. The lowest BCUT2D eigenvalue weighted by molar-refractivity contribution is -0.121. The monoisotopic (exact) mass is 455 g/mol. The number of rotatable bonds is 7. The number of hydrogen-bond acceptors (Lipinski definition) is 7. The van der Waals surface area contributed by atoms with Gasteiger partial charge in [-0.3, -0.25) is 9.59 Å². The van der Waals surface area contributed by atoms with Gasteiger partial charge in [0.15, 0.2) is 5.82 Å². The van der Waals surface area contributed by atoms with E-state index < -0.39 is 5.54 Å². The van der Waals surface area contributed by atoms with Gasteiger partial charge in [0.25, 0.3) is 0 Å². The quantitative estimate of drug-likeness (QED) is 0.617. The highest BCUT2D eigenvalue weighted by Crippen LogP contribution is 2.34. The molecule has 0 atom stereocenters. The number of anilines is 2. The van der Waals surface area contributed by atoms with Crippen LogP contribution in [0.4, 0.5) is 11.4 Å². The van der Waals surface area contributed by atoms with Crippen LogP contribution in [0.15, 0.2) is 28.8 Å². The first kappa shape index (κ1) is 23.2. The zero-order valence-corrected chi connectivity index (χ0v) is 19.3. The molecule has 2 aliphatic rings. The normalized spacial score (nSPS) is 18.4. The van der Waals surface area contributed by atoms with Crippen molar-refractivity contribution in [2.75, 3.05) is 36.5 Å². The molecule has 0 radical (unpaired) electrons. The molecule has 1 aromatic carbocycles. The predicted octanol–water partition coefficient (Wildman–Crippen LogP) is 3.16. The van der Waals surface area contributed by atoms with E-state index in [-0.39, 0.29) is 18.2 Å².